The molecule has 2 fully saturated rings. The van der Waals surface area contributed by atoms with Gasteiger partial charge in [-0.15, -0.1) is 0 Å². The predicted octanol–water partition coefficient (Wildman–Crippen LogP) is 2.59. The van der Waals surface area contributed by atoms with Crippen LogP contribution in [0.15, 0.2) is 24.3 Å². The summed E-state index contributed by atoms with van der Waals surface area (Å²) in [5, 5.41) is 3.06. The van der Waals surface area contributed by atoms with Gasteiger partial charge in [0.2, 0.25) is 0 Å². The predicted molar refractivity (Wildman–Crippen MR) is 86.9 cm³/mol. The molecule has 3 rings (SSSR count). The van der Waals surface area contributed by atoms with Gasteiger partial charge in [-0.3, -0.25) is 4.79 Å². The Labute approximate surface area is 137 Å². The van der Waals surface area contributed by atoms with Crippen LogP contribution in [-0.4, -0.2) is 49.2 Å². The van der Waals surface area contributed by atoms with Crippen molar-refractivity contribution in [2.24, 2.45) is 0 Å². The summed E-state index contributed by atoms with van der Waals surface area (Å²) in [7, 11) is 0. The monoisotopic (exact) mass is 320 g/mol. The van der Waals surface area contributed by atoms with Crippen molar-refractivity contribution in [3.8, 4) is 0 Å². The summed E-state index contributed by atoms with van der Waals surface area (Å²) < 4.78 is 18.7. The zero-order valence-corrected chi connectivity index (χ0v) is 13.5. The maximum atomic E-state index is 12.9. The number of ether oxygens (including phenoxy) is 1. The van der Waals surface area contributed by atoms with Gasteiger partial charge in [-0.1, -0.05) is 0 Å². The molecule has 0 radical (unpaired) electrons. The van der Waals surface area contributed by atoms with Crippen molar-refractivity contribution in [3.05, 3.63) is 35.6 Å². The number of likely N-dealkylation sites (tertiary alicyclic amines) is 1. The lowest BCUT2D eigenvalue weighted by atomic mass is 10.0. The first-order valence-corrected chi connectivity index (χ1v) is 8.61. The molecule has 1 amide bonds. The molecule has 4 nitrogen and oxygen atoms in total. The smallest absolute Gasteiger partial charge is 0.251 e. The molecule has 2 aliphatic rings. The average molecular weight is 320 g/mol. The van der Waals surface area contributed by atoms with Gasteiger partial charge < -0.3 is 15.0 Å². The first kappa shape index (κ1) is 16.4. The van der Waals surface area contributed by atoms with Crippen LogP contribution in [0, 0.1) is 5.82 Å². The molecule has 2 saturated heterocycles. The Morgan fingerprint density at radius 2 is 1.91 bits per heavy atom. The van der Waals surface area contributed by atoms with E-state index in [0.717, 1.165) is 39.1 Å². The van der Waals surface area contributed by atoms with Gasteiger partial charge >= 0.3 is 0 Å². The highest BCUT2D eigenvalue weighted by atomic mass is 19.1. The van der Waals surface area contributed by atoms with Gasteiger partial charge in [-0.05, 0) is 56.4 Å². The maximum Gasteiger partial charge on any atom is 0.251 e. The minimum atomic E-state index is -0.320. The number of nitrogens with one attached hydrogen (secondary N) is 1. The van der Waals surface area contributed by atoms with Crippen LogP contribution in [0.5, 0.6) is 0 Å². The molecular formula is C18H25FN2O2. The van der Waals surface area contributed by atoms with Gasteiger partial charge in [0.25, 0.3) is 5.91 Å². The van der Waals surface area contributed by atoms with Gasteiger partial charge in [0, 0.05) is 37.8 Å². The molecule has 1 atom stereocenters. The third-order valence-electron chi connectivity index (χ3n) is 4.77. The number of carbonyl (C=O) groups is 1. The normalized spacial score (nSPS) is 23.6. The zero-order valence-electron chi connectivity index (χ0n) is 13.5. The topological polar surface area (TPSA) is 41.6 Å². The number of halogens is 1. The molecule has 0 aromatic heterocycles. The van der Waals surface area contributed by atoms with E-state index in [9.17, 15) is 9.18 Å². The fourth-order valence-electron chi connectivity index (χ4n) is 3.37. The maximum absolute atomic E-state index is 12.9. The number of hydrogen-bond donors (Lipinski definition) is 1. The molecule has 2 heterocycles. The molecule has 0 spiro atoms. The second-order valence-electron chi connectivity index (χ2n) is 6.54. The molecule has 0 bridgehead atoms. The van der Waals surface area contributed by atoms with Crippen molar-refractivity contribution < 1.29 is 13.9 Å². The van der Waals surface area contributed by atoms with Crippen LogP contribution >= 0.6 is 0 Å². The molecule has 23 heavy (non-hydrogen) atoms. The Hall–Kier alpha value is -1.46. The Kier molecular flexibility index (Phi) is 5.62. The highest BCUT2D eigenvalue weighted by Crippen LogP contribution is 2.17. The molecule has 1 aromatic rings. The van der Waals surface area contributed by atoms with Crippen LogP contribution in [0.2, 0.25) is 0 Å². The van der Waals surface area contributed by atoms with E-state index in [1.807, 2.05) is 0 Å². The number of benzene rings is 1. The molecule has 1 aromatic carbocycles. The lowest BCUT2D eigenvalue weighted by Gasteiger charge is -2.35. The van der Waals surface area contributed by atoms with Crippen molar-refractivity contribution >= 4 is 5.91 Å². The van der Waals surface area contributed by atoms with Crippen LogP contribution < -0.4 is 5.32 Å². The minimum absolute atomic E-state index is 0.112. The lowest BCUT2D eigenvalue weighted by Crippen LogP contribution is -2.47. The molecule has 0 aliphatic carbocycles. The van der Waals surface area contributed by atoms with Crippen molar-refractivity contribution in [1.82, 2.24) is 10.2 Å². The highest BCUT2D eigenvalue weighted by Gasteiger charge is 2.24. The first-order valence-electron chi connectivity index (χ1n) is 8.61. The number of nitrogens with zero attached hydrogens (tertiary/aromatic N) is 1. The highest BCUT2D eigenvalue weighted by molar-refractivity contribution is 5.94. The quantitative estimate of drug-likeness (QED) is 0.927. The van der Waals surface area contributed by atoms with Gasteiger partial charge in [0.05, 0.1) is 6.10 Å². The summed E-state index contributed by atoms with van der Waals surface area (Å²) in [5.41, 5.74) is 0.518. The number of hydrogen-bond acceptors (Lipinski definition) is 3. The summed E-state index contributed by atoms with van der Waals surface area (Å²) in [6.45, 7) is 3.90. The van der Waals surface area contributed by atoms with E-state index in [1.54, 1.807) is 0 Å². The Morgan fingerprint density at radius 1 is 1.17 bits per heavy atom. The molecular weight excluding hydrogens is 295 g/mol. The van der Waals surface area contributed by atoms with E-state index in [1.165, 1.54) is 43.5 Å². The number of amides is 1. The number of rotatable bonds is 4. The second-order valence-corrected chi connectivity index (χ2v) is 6.54. The fourth-order valence-corrected chi connectivity index (χ4v) is 3.37. The van der Waals surface area contributed by atoms with Crippen molar-refractivity contribution in [2.75, 3.05) is 26.2 Å². The van der Waals surface area contributed by atoms with Crippen LogP contribution in [0.1, 0.15) is 42.5 Å². The Balaban J connectivity index is 1.41. The summed E-state index contributed by atoms with van der Waals surface area (Å²) in [6, 6.07) is 5.90. The van der Waals surface area contributed by atoms with Gasteiger partial charge in [0.15, 0.2) is 0 Å². The van der Waals surface area contributed by atoms with Crippen LogP contribution in [0.25, 0.3) is 0 Å². The van der Waals surface area contributed by atoms with E-state index in [0.29, 0.717) is 11.7 Å². The molecule has 2 aliphatic heterocycles. The summed E-state index contributed by atoms with van der Waals surface area (Å²) in [5.74, 6) is -0.432. The van der Waals surface area contributed by atoms with Crippen LogP contribution in [-0.2, 0) is 4.74 Å². The average Bonchev–Trinajstić information content (AvgIpc) is 2.58. The third kappa shape index (κ3) is 4.75. The third-order valence-corrected chi connectivity index (χ3v) is 4.77. The summed E-state index contributed by atoms with van der Waals surface area (Å²) in [4.78, 5) is 14.6. The lowest BCUT2D eigenvalue weighted by molar-refractivity contribution is -0.00996. The second kappa shape index (κ2) is 7.88. The largest absolute Gasteiger partial charge is 0.377 e. The Bertz CT molecular complexity index is 506. The van der Waals surface area contributed by atoms with Gasteiger partial charge in [-0.25, -0.2) is 4.39 Å². The molecule has 126 valence electrons. The molecule has 0 saturated carbocycles. The Morgan fingerprint density at radius 3 is 2.57 bits per heavy atom. The number of carbonyl (C=O) groups excluding carboxylic acids is 1. The molecule has 1 N–H and O–H groups in total. The van der Waals surface area contributed by atoms with E-state index < -0.39 is 0 Å². The molecule has 5 heteroatoms. The zero-order chi connectivity index (χ0) is 16.1. The van der Waals surface area contributed by atoms with Crippen LogP contribution in [0.3, 0.4) is 0 Å². The van der Waals surface area contributed by atoms with E-state index in [2.05, 4.69) is 10.2 Å². The first-order chi connectivity index (χ1) is 11.2. The van der Waals surface area contributed by atoms with E-state index >= 15 is 0 Å². The van der Waals surface area contributed by atoms with Crippen molar-refractivity contribution in [2.45, 2.75) is 44.2 Å². The van der Waals surface area contributed by atoms with Crippen LogP contribution in [0.4, 0.5) is 4.39 Å². The van der Waals surface area contributed by atoms with Crippen molar-refractivity contribution in [3.63, 3.8) is 0 Å². The SMILES string of the molecule is O=C(NC1CCN(CC2CCCCO2)CC1)c1ccc(F)cc1. The summed E-state index contributed by atoms with van der Waals surface area (Å²) in [6.07, 6.45) is 5.93. The van der Waals surface area contributed by atoms with Gasteiger partial charge in [-0.2, -0.15) is 0 Å². The van der Waals surface area contributed by atoms with E-state index in [-0.39, 0.29) is 17.8 Å². The van der Waals surface area contributed by atoms with Gasteiger partial charge in [0.1, 0.15) is 5.82 Å². The van der Waals surface area contributed by atoms with Crippen molar-refractivity contribution in [1.29, 1.82) is 0 Å². The van der Waals surface area contributed by atoms with E-state index in [4.69, 9.17) is 4.74 Å². The summed E-state index contributed by atoms with van der Waals surface area (Å²) >= 11 is 0. The standard InChI is InChI=1S/C18H25FN2O2/c19-15-6-4-14(5-7-15)18(22)20-16-8-10-21(11-9-16)13-17-3-1-2-12-23-17/h4-7,16-17H,1-3,8-13H2,(H,20,22). The fraction of sp³-hybridized carbons (Fsp3) is 0.611. The number of piperidine rings is 1. The minimum Gasteiger partial charge on any atom is -0.377 e. The molecule has 1 unspecified atom stereocenters.